The van der Waals surface area contributed by atoms with Crippen molar-refractivity contribution < 1.29 is 0 Å². The number of anilines is 1. The van der Waals surface area contributed by atoms with E-state index in [1.165, 1.54) is 37.2 Å². The molecule has 1 aliphatic heterocycles. The molecule has 2 aromatic rings. The second kappa shape index (κ2) is 6.13. The van der Waals surface area contributed by atoms with E-state index in [4.69, 9.17) is 0 Å². The Balaban J connectivity index is 1.39. The summed E-state index contributed by atoms with van der Waals surface area (Å²) in [4.78, 5) is 5.40. The quantitative estimate of drug-likeness (QED) is 0.795. The van der Waals surface area contributed by atoms with Gasteiger partial charge in [0.05, 0.1) is 5.54 Å². The van der Waals surface area contributed by atoms with E-state index >= 15 is 0 Å². The minimum absolute atomic E-state index is 0.336. The largest absolute Gasteiger partial charge is 0.369 e. The molecule has 1 heterocycles. The van der Waals surface area contributed by atoms with Gasteiger partial charge in [-0.25, -0.2) is 0 Å². The monoisotopic (exact) mass is 346 g/mol. The van der Waals surface area contributed by atoms with E-state index < -0.39 is 0 Å². The van der Waals surface area contributed by atoms with Gasteiger partial charge in [0.1, 0.15) is 0 Å². The van der Waals surface area contributed by atoms with Crippen LogP contribution in [0.25, 0.3) is 0 Å². The van der Waals surface area contributed by atoms with Crippen molar-refractivity contribution in [2.75, 3.05) is 31.1 Å². The Bertz CT molecular complexity index is 747. The van der Waals surface area contributed by atoms with Crippen molar-refractivity contribution >= 4 is 5.69 Å². The lowest BCUT2D eigenvalue weighted by Crippen LogP contribution is -2.52. The normalized spacial score (nSPS) is 33.9. The number of aryl methyl sites for hydroxylation is 1. The fourth-order valence-electron chi connectivity index (χ4n) is 6.05. The zero-order valence-corrected chi connectivity index (χ0v) is 16.1. The van der Waals surface area contributed by atoms with E-state index in [1.54, 1.807) is 5.56 Å². The Labute approximate surface area is 157 Å². The molecular formula is C24H30N2. The van der Waals surface area contributed by atoms with Crippen molar-refractivity contribution in [3.05, 3.63) is 65.7 Å². The molecule has 0 N–H and O–H groups in total. The lowest BCUT2D eigenvalue weighted by molar-refractivity contribution is 0.124. The predicted molar refractivity (Wildman–Crippen MR) is 108 cm³/mol. The van der Waals surface area contributed by atoms with Gasteiger partial charge in [-0.1, -0.05) is 55.0 Å². The molecule has 26 heavy (non-hydrogen) atoms. The summed E-state index contributed by atoms with van der Waals surface area (Å²) >= 11 is 0. The molecule has 2 heteroatoms. The van der Waals surface area contributed by atoms with Gasteiger partial charge in [0.2, 0.25) is 0 Å². The van der Waals surface area contributed by atoms with Crippen LogP contribution in [0.1, 0.15) is 30.9 Å². The van der Waals surface area contributed by atoms with Crippen molar-refractivity contribution in [1.82, 2.24) is 4.90 Å². The maximum atomic E-state index is 2.85. The number of hydrogen-bond acceptors (Lipinski definition) is 2. The van der Waals surface area contributed by atoms with Crippen LogP contribution < -0.4 is 4.90 Å². The van der Waals surface area contributed by atoms with E-state index in [1.807, 2.05) is 0 Å². The maximum absolute atomic E-state index is 2.85. The minimum Gasteiger partial charge on any atom is -0.369 e. The summed E-state index contributed by atoms with van der Waals surface area (Å²) in [7, 11) is 0. The van der Waals surface area contributed by atoms with Gasteiger partial charge >= 0.3 is 0 Å². The third-order valence-electron chi connectivity index (χ3n) is 7.26. The van der Waals surface area contributed by atoms with Crippen molar-refractivity contribution in [1.29, 1.82) is 0 Å². The van der Waals surface area contributed by atoms with Crippen molar-refractivity contribution in [3.8, 4) is 0 Å². The average Bonchev–Trinajstić information content (AvgIpc) is 3.10. The first-order valence-corrected chi connectivity index (χ1v) is 10.3. The average molecular weight is 347 g/mol. The summed E-state index contributed by atoms with van der Waals surface area (Å²) < 4.78 is 0. The summed E-state index contributed by atoms with van der Waals surface area (Å²) in [5.74, 6) is 2.67. The van der Waals surface area contributed by atoms with Gasteiger partial charge in [0.15, 0.2) is 0 Å². The number of hydrogen-bond donors (Lipinski definition) is 0. The summed E-state index contributed by atoms with van der Waals surface area (Å²) in [6, 6.07) is 20.4. The fraction of sp³-hybridized carbons (Fsp3) is 0.500. The highest BCUT2D eigenvalue weighted by atomic mass is 15.3. The van der Waals surface area contributed by atoms with E-state index in [0.717, 1.165) is 30.8 Å². The molecule has 0 bridgehead atoms. The van der Waals surface area contributed by atoms with Crippen LogP contribution in [0.5, 0.6) is 0 Å². The zero-order valence-electron chi connectivity index (χ0n) is 16.1. The molecule has 0 aromatic heterocycles. The van der Waals surface area contributed by atoms with E-state index in [-0.39, 0.29) is 0 Å². The van der Waals surface area contributed by atoms with Crippen molar-refractivity contribution in [2.45, 2.75) is 32.2 Å². The zero-order chi connectivity index (χ0) is 17.7. The molecule has 3 fully saturated rings. The smallest absolute Gasteiger partial charge is 0.0525 e. The third kappa shape index (κ3) is 2.42. The Morgan fingerprint density at radius 1 is 0.808 bits per heavy atom. The molecule has 2 saturated carbocycles. The molecule has 0 spiro atoms. The molecule has 136 valence electrons. The molecule has 5 rings (SSSR count). The molecule has 1 saturated heterocycles. The van der Waals surface area contributed by atoms with Gasteiger partial charge in [0, 0.05) is 31.9 Å². The minimum atomic E-state index is 0.336. The van der Waals surface area contributed by atoms with Crippen LogP contribution in [0.2, 0.25) is 0 Å². The number of nitrogens with zero attached hydrogens (tertiary/aromatic N) is 2. The van der Waals surface area contributed by atoms with Crippen LogP contribution in [0, 0.1) is 24.7 Å². The number of benzene rings is 2. The molecular weight excluding hydrogens is 316 g/mol. The molecule has 0 amide bonds. The van der Waals surface area contributed by atoms with Gasteiger partial charge in [-0.2, -0.15) is 0 Å². The Hall–Kier alpha value is -1.80. The van der Waals surface area contributed by atoms with Gasteiger partial charge < -0.3 is 4.90 Å². The van der Waals surface area contributed by atoms with E-state index in [2.05, 4.69) is 78.2 Å². The standard InChI is InChI=1S/C24H30N2/c1-18-8-10-20(11-9-18)24(22-16-19(2)17-23(22)24)26-14-12-25(13-15-26)21-6-4-3-5-7-21/h3-11,19,22-23H,12-17H2,1-2H3/t19?,22-,23+,24?. The van der Waals surface area contributed by atoms with E-state index in [9.17, 15) is 0 Å². The molecule has 0 radical (unpaired) electrons. The van der Waals surface area contributed by atoms with Crippen LogP contribution in [-0.2, 0) is 5.54 Å². The summed E-state index contributed by atoms with van der Waals surface area (Å²) in [6.45, 7) is 9.30. The topological polar surface area (TPSA) is 6.48 Å². The van der Waals surface area contributed by atoms with Gasteiger partial charge in [0.25, 0.3) is 0 Å². The first-order valence-electron chi connectivity index (χ1n) is 10.3. The second-order valence-corrected chi connectivity index (χ2v) is 8.79. The van der Waals surface area contributed by atoms with Crippen LogP contribution in [0.15, 0.2) is 54.6 Å². The van der Waals surface area contributed by atoms with Gasteiger partial charge in [-0.3, -0.25) is 4.90 Å². The van der Waals surface area contributed by atoms with Crippen LogP contribution in [0.3, 0.4) is 0 Å². The van der Waals surface area contributed by atoms with Crippen molar-refractivity contribution in [3.63, 3.8) is 0 Å². The first-order chi connectivity index (χ1) is 12.7. The van der Waals surface area contributed by atoms with Crippen molar-refractivity contribution in [2.24, 2.45) is 17.8 Å². The molecule has 2 nitrogen and oxygen atoms in total. The summed E-state index contributed by atoms with van der Waals surface area (Å²) in [5, 5.41) is 0. The van der Waals surface area contributed by atoms with Crippen LogP contribution in [0.4, 0.5) is 5.69 Å². The second-order valence-electron chi connectivity index (χ2n) is 8.79. The highest BCUT2D eigenvalue weighted by molar-refractivity contribution is 5.47. The predicted octanol–water partition coefficient (Wildman–Crippen LogP) is 4.69. The van der Waals surface area contributed by atoms with E-state index in [0.29, 0.717) is 5.54 Å². The molecule has 4 atom stereocenters. The Kier molecular flexibility index (Phi) is 3.86. The highest BCUT2D eigenvalue weighted by Gasteiger charge is 2.70. The maximum Gasteiger partial charge on any atom is 0.0525 e. The molecule has 2 aromatic carbocycles. The first kappa shape index (κ1) is 16.4. The SMILES string of the molecule is Cc1ccc(C2(N3CCN(c4ccccc4)CC3)[C@@H]3CC(C)C[C@@H]32)cc1. The molecule has 2 aliphatic carbocycles. The third-order valence-corrected chi connectivity index (χ3v) is 7.26. The van der Waals surface area contributed by atoms with Crippen LogP contribution in [-0.4, -0.2) is 31.1 Å². The number of rotatable bonds is 3. The van der Waals surface area contributed by atoms with Gasteiger partial charge in [-0.05, 0) is 55.2 Å². The van der Waals surface area contributed by atoms with Gasteiger partial charge in [-0.15, -0.1) is 0 Å². The summed E-state index contributed by atoms with van der Waals surface area (Å²) in [5.41, 5.74) is 4.67. The molecule has 3 aliphatic rings. The Morgan fingerprint density at radius 3 is 2.04 bits per heavy atom. The number of piperazine rings is 1. The van der Waals surface area contributed by atoms with Crippen LogP contribution >= 0.6 is 0 Å². The highest BCUT2D eigenvalue weighted by Crippen LogP contribution is 2.70. The Morgan fingerprint density at radius 2 is 1.42 bits per heavy atom. The fourth-order valence-corrected chi connectivity index (χ4v) is 6.05. The molecule has 2 unspecified atom stereocenters. The number of fused-ring (bicyclic) bond motifs is 1. The number of para-hydroxylation sites is 1. The lowest BCUT2D eigenvalue weighted by Gasteiger charge is -2.43. The summed E-state index contributed by atoms with van der Waals surface area (Å²) in [6.07, 6.45) is 2.83. The lowest BCUT2D eigenvalue weighted by atomic mass is 9.89.